The lowest BCUT2D eigenvalue weighted by molar-refractivity contribution is -0.133. The summed E-state index contributed by atoms with van der Waals surface area (Å²) in [7, 11) is 0. The van der Waals surface area contributed by atoms with Gasteiger partial charge in [0.25, 0.3) is 0 Å². The number of aryl methyl sites for hydroxylation is 2. The Kier molecular flexibility index (Phi) is 5.66. The molecule has 24 heavy (non-hydrogen) atoms. The van der Waals surface area contributed by atoms with E-state index in [4.69, 9.17) is 0 Å². The van der Waals surface area contributed by atoms with Gasteiger partial charge in [-0.3, -0.25) is 9.69 Å². The summed E-state index contributed by atoms with van der Waals surface area (Å²) < 4.78 is 0. The van der Waals surface area contributed by atoms with Crippen molar-refractivity contribution in [3.05, 3.63) is 17.6 Å². The summed E-state index contributed by atoms with van der Waals surface area (Å²) in [4.78, 5) is 28.1. The van der Waals surface area contributed by atoms with E-state index >= 15 is 0 Å². The average molecular weight is 331 g/mol. The number of aromatic nitrogens is 2. The molecule has 0 atom stereocenters. The summed E-state index contributed by atoms with van der Waals surface area (Å²) in [6, 6.07) is 2.10. The molecule has 6 heteroatoms. The van der Waals surface area contributed by atoms with Gasteiger partial charge in [0.15, 0.2) is 0 Å². The second-order valence-electron chi connectivity index (χ2n) is 6.82. The second-order valence-corrected chi connectivity index (χ2v) is 6.82. The Hall–Kier alpha value is -1.69. The monoisotopic (exact) mass is 331 g/mol. The number of piperidine rings is 1. The minimum Gasteiger partial charge on any atom is -0.354 e. The van der Waals surface area contributed by atoms with Gasteiger partial charge in [-0.05, 0) is 32.6 Å². The molecule has 1 amide bonds. The first-order chi connectivity index (χ1) is 11.7. The predicted molar refractivity (Wildman–Crippen MR) is 95.2 cm³/mol. The van der Waals surface area contributed by atoms with Gasteiger partial charge in [0, 0.05) is 51.0 Å². The van der Waals surface area contributed by atoms with Gasteiger partial charge in [-0.2, -0.15) is 0 Å². The van der Waals surface area contributed by atoms with Crippen molar-refractivity contribution < 1.29 is 4.79 Å². The molecule has 132 valence electrons. The van der Waals surface area contributed by atoms with Crippen LogP contribution in [0.15, 0.2) is 6.07 Å². The van der Waals surface area contributed by atoms with Gasteiger partial charge < -0.3 is 9.80 Å². The third kappa shape index (κ3) is 4.23. The van der Waals surface area contributed by atoms with Crippen LogP contribution in [0.5, 0.6) is 0 Å². The zero-order valence-electron chi connectivity index (χ0n) is 15.0. The highest BCUT2D eigenvalue weighted by atomic mass is 16.2. The molecule has 2 aliphatic rings. The Labute approximate surface area is 144 Å². The molecule has 0 saturated carbocycles. The first-order valence-electron chi connectivity index (χ1n) is 9.25. The van der Waals surface area contributed by atoms with Gasteiger partial charge in [0.1, 0.15) is 11.6 Å². The molecule has 0 spiro atoms. The molecular weight excluding hydrogens is 302 g/mol. The number of carbonyl (C=O) groups excluding carboxylic acids is 1. The fourth-order valence-electron chi connectivity index (χ4n) is 3.52. The van der Waals surface area contributed by atoms with Gasteiger partial charge in [0.2, 0.25) is 5.91 Å². The number of rotatable bonds is 4. The van der Waals surface area contributed by atoms with E-state index < -0.39 is 0 Å². The summed E-state index contributed by atoms with van der Waals surface area (Å²) in [5.74, 6) is 2.17. The SMILES string of the molecule is CCc1cc(N2CCN(CC(=O)N3CCCCC3)CC2)nc(C)n1. The molecule has 6 nitrogen and oxygen atoms in total. The van der Waals surface area contributed by atoms with Crippen LogP contribution in [-0.2, 0) is 11.2 Å². The minimum atomic E-state index is 0.300. The molecular formula is C18H29N5O. The lowest BCUT2D eigenvalue weighted by Crippen LogP contribution is -2.51. The van der Waals surface area contributed by atoms with E-state index in [0.717, 1.165) is 75.9 Å². The smallest absolute Gasteiger partial charge is 0.236 e. The standard InChI is InChI=1S/C18H29N5O/c1-3-16-13-17(20-15(2)19-16)22-11-9-21(10-12-22)14-18(24)23-7-5-4-6-8-23/h13H,3-12,14H2,1-2H3. The molecule has 2 aliphatic heterocycles. The molecule has 3 rings (SSSR count). The minimum absolute atomic E-state index is 0.300. The molecule has 0 bridgehead atoms. The maximum atomic E-state index is 12.4. The fourth-order valence-corrected chi connectivity index (χ4v) is 3.52. The highest BCUT2D eigenvalue weighted by Crippen LogP contribution is 2.16. The van der Waals surface area contributed by atoms with Crippen LogP contribution in [0.3, 0.4) is 0 Å². The molecule has 0 unspecified atom stereocenters. The van der Waals surface area contributed by atoms with Gasteiger partial charge in [-0.15, -0.1) is 0 Å². The topological polar surface area (TPSA) is 52.6 Å². The quantitative estimate of drug-likeness (QED) is 0.836. The van der Waals surface area contributed by atoms with Crippen molar-refractivity contribution in [1.82, 2.24) is 19.8 Å². The van der Waals surface area contributed by atoms with Crippen LogP contribution in [0.1, 0.15) is 37.7 Å². The van der Waals surface area contributed by atoms with E-state index in [0.29, 0.717) is 12.5 Å². The third-order valence-corrected chi connectivity index (χ3v) is 5.00. The Morgan fingerprint density at radius 1 is 1.04 bits per heavy atom. The number of likely N-dealkylation sites (tertiary alicyclic amines) is 1. The number of anilines is 1. The average Bonchev–Trinajstić information content (AvgIpc) is 2.62. The Bertz CT molecular complexity index is 563. The fraction of sp³-hybridized carbons (Fsp3) is 0.722. The van der Waals surface area contributed by atoms with E-state index in [1.807, 2.05) is 11.8 Å². The van der Waals surface area contributed by atoms with Crippen LogP contribution in [0.25, 0.3) is 0 Å². The van der Waals surface area contributed by atoms with E-state index in [9.17, 15) is 4.79 Å². The zero-order chi connectivity index (χ0) is 16.9. The Balaban J connectivity index is 1.52. The summed E-state index contributed by atoms with van der Waals surface area (Å²) in [6.07, 6.45) is 4.51. The van der Waals surface area contributed by atoms with Crippen molar-refractivity contribution in [1.29, 1.82) is 0 Å². The van der Waals surface area contributed by atoms with Crippen LogP contribution in [-0.4, -0.2) is 71.5 Å². The third-order valence-electron chi connectivity index (χ3n) is 5.00. The van der Waals surface area contributed by atoms with Crippen LogP contribution < -0.4 is 4.90 Å². The van der Waals surface area contributed by atoms with Crippen molar-refractivity contribution in [2.75, 3.05) is 50.7 Å². The molecule has 3 heterocycles. The number of amides is 1. The molecule has 0 aromatic carbocycles. The van der Waals surface area contributed by atoms with Crippen molar-refractivity contribution in [2.24, 2.45) is 0 Å². The summed E-state index contributed by atoms with van der Waals surface area (Å²) >= 11 is 0. The maximum absolute atomic E-state index is 12.4. The van der Waals surface area contributed by atoms with Gasteiger partial charge in [-0.25, -0.2) is 9.97 Å². The molecule has 0 aliphatic carbocycles. The first kappa shape index (κ1) is 17.1. The number of piperazine rings is 1. The van der Waals surface area contributed by atoms with Crippen LogP contribution in [0.4, 0.5) is 5.82 Å². The molecule has 1 aromatic rings. The van der Waals surface area contributed by atoms with Crippen molar-refractivity contribution in [3.8, 4) is 0 Å². The number of hydrogen-bond donors (Lipinski definition) is 0. The van der Waals surface area contributed by atoms with E-state index in [2.05, 4.69) is 32.8 Å². The summed E-state index contributed by atoms with van der Waals surface area (Å²) in [6.45, 7) is 10.2. The molecule has 2 fully saturated rings. The molecule has 1 aromatic heterocycles. The number of nitrogens with zero attached hydrogens (tertiary/aromatic N) is 5. The maximum Gasteiger partial charge on any atom is 0.236 e. The lowest BCUT2D eigenvalue weighted by Gasteiger charge is -2.36. The summed E-state index contributed by atoms with van der Waals surface area (Å²) in [5, 5.41) is 0. The largest absolute Gasteiger partial charge is 0.354 e. The molecule has 2 saturated heterocycles. The Morgan fingerprint density at radius 3 is 2.42 bits per heavy atom. The van der Waals surface area contributed by atoms with E-state index in [-0.39, 0.29) is 0 Å². The van der Waals surface area contributed by atoms with Crippen LogP contribution in [0.2, 0.25) is 0 Å². The molecule has 0 N–H and O–H groups in total. The van der Waals surface area contributed by atoms with Crippen LogP contribution >= 0.6 is 0 Å². The van der Waals surface area contributed by atoms with Gasteiger partial charge in [0.05, 0.1) is 6.54 Å². The lowest BCUT2D eigenvalue weighted by atomic mass is 10.1. The van der Waals surface area contributed by atoms with Gasteiger partial charge in [-0.1, -0.05) is 6.92 Å². The summed E-state index contributed by atoms with van der Waals surface area (Å²) in [5.41, 5.74) is 1.10. The van der Waals surface area contributed by atoms with Crippen molar-refractivity contribution in [3.63, 3.8) is 0 Å². The highest BCUT2D eigenvalue weighted by molar-refractivity contribution is 5.78. The van der Waals surface area contributed by atoms with Crippen molar-refractivity contribution >= 4 is 11.7 Å². The van der Waals surface area contributed by atoms with Crippen molar-refractivity contribution in [2.45, 2.75) is 39.5 Å². The zero-order valence-corrected chi connectivity index (χ0v) is 15.0. The number of carbonyl (C=O) groups is 1. The first-order valence-corrected chi connectivity index (χ1v) is 9.25. The normalized spacial score (nSPS) is 19.6. The van der Waals surface area contributed by atoms with E-state index in [1.165, 1.54) is 6.42 Å². The number of hydrogen-bond acceptors (Lipinski definition) is 5. The highest BCUT2D eigenvalue weighted by Gasteiger charge is 2.23. The Morgan fingerprint density at radius 2 is 1.75 bits per heavy atom. The van der Waals surface area contributed by atoms with Gasteiger partial charge >= 0.3 is 0 Å². The second kappa shape index (κ2) is 7.92. The molecule has 0 radical (unpaired) electrons. The predicted octanol–water partition coefficient (Wildman–Crippen LogP) is 1.48. The van der Waals surface area contributed by atoms with Crippen LogP contribution in [0, 0.1) is 6.92 Å². The van der Waals surface area contributed by atoms with E-state index in [1.54, 1.807) is 0 Å².